The zero-order chi connectivity index (χ0) is 11.8. The van der Waals surface area contributed by atoms with Crippen molar-refractivity contribution in [2.24, 2.45) is 11.7 Å². The lowest BCUT2D eigenvalue weighted by Gasteiger charge is -2.15. The Morgan fingerprint density at radius 2 is 2.12 bits per heavy atom. The maximum Gasteiger partial charge on any atom is 0.165 e. The standard InChI is InChI=1S/C12H18FNO2/c1-15-7-6-10(8-14)9-16-12-5-3-2-4-11(12)13/h2-5,10H,6-9,14H2,1H3. The largest absolute Gasteiger partial charge is 0.490 e. The van der Waals surface area contributed by atoms with Crippen LogP contribution in [0.3, 0.4) is 0 Å². The van der Waals surface area contributed by atoms with Gasteiger partial charge in [-0.3, -0.25) is 0 Å². The molecule has 1 aromatic carbocycles. The van der Waals surface area contributed by atoms with E-state index in [-0.39, 0.29) is 17.5 Å². The highest BCUT2D eigenvalue weighted by molar-refractivity contribution is 5.23. The van der Waals surface area contributed by atoms with Crippen LogP contribution < -0.4 is 10.5 Å². The lowest BCUT2D eigenvalue weighted by atomic mass is 10.1. The first-order valence-electron chi connectivity index (χ1n) is 5.34. The van der Waals surface area contributed by atoms with E-state index in [4.69, 9.17) is 15.2 Å². The Balaban J connectivity index is 2.40. The molecule has 0 aromatic heterocycles. The molecule has 0 aliphatic heterocycles. The third-order valence-electron chi connectivity index (χ3n) is 2.37. The number of para-hydroxylation sites is 1. The minimum absolute atomic E-state index is 0.194. The molecule has 1 atom stereocenters. The molecule has 2 N–H and O–H groups in total. The zero-order valence-electron chi connectivity index (χ0n) is 9.49. The molecule has 0 heterocycles. The highest BCUT2D eigenvalue weighted by atomic mass is 19.1. The van der Waals surface area contributed by atoms with Crippen LogP contribution in [0.4, 0.5) is 4.39 Å². The molecule has 4 heteroatoms. The molecule has 0 saturated carbocycles. The van der Waals surface area contributed by atoms with Crippen LogP contribution in [0.25, 0.3) is 0 Å². The second-order valence-electron chi connectivity index (χ2n) is 3.62. The molecule has 1 rings (SSSR count). The average Bonchev–Trinajstić information content (AvgIpc) is 2.31. The first-order valence-corrected chi connectivity index (χ1v) is 5.34. The predicted molar refractivity (Wildman–Crippen MR) is 60.9 cm³/mol. The normalized spacial score (nSPS) is 12.4. The summed E-state index contributed by atoms with van der Waals surface area (Å²) in [7, 11) is 1.64. The summed E-state index contributed by atoms with van der Waals surface area (Å²) in [5.41, 5.74) is 5.59. The average molecular weight is 227 g/mol. The number of benzene rings is 1. The van der Waals surface area contributed by atoms with Crippen LogP contribution >= 0.6 is 0 Å². The SMILES string of the molecule is COCCC(CN)COc1ccccc1F. The van der Waals surface area contributed by atoms with Crippen molar-refractivity contribution in [2.45, 2.75) is 6.42 Å². The van der Waals surface area contributed by atoms with E-state index in [9.17, 15) is 4.39 Å². The maximum atomic E-state index is 13.2. The van der Waals surface area contributed by atoms with E-state index in [2.05, 4.69) is 0 Å². The van der Waals surface area contributed by atoms with E-state index in [0.29, 0.717) is 19.8 Å². The molecule has 1 aromatic rings. The van der Waals surface area contributed by atoms with Gasteiger partial charge in [-0.25, -0.2) is 4.39 Å². The predicted octanol–water partition coefficient (Wildman–Crippen LogP) is 1.82. The highest BCUT2D eigenvalue weighted by Crippen LogP contribution is 2.16. The molecular weight excluding hydrogens is 209 g/mol. The summed E-state index contributed by atoms with van der Waals surface area (Å²) < 4.78 is 23.6. The van der Waals surface area contributed by atoms with Gasteiger partial charge in [0.2, 0.25) is 0 Å². The minimum Gasteiger partial charge on any atom is -0.490 e. The first kappa shape index (κ1) is 12.9. The molecule has 0 aliphatic carbocycles. The van der Waals surface area contributed by atoms with Crippen molar-refractivity contribution in [3.63, 3.8) is 0 Å². The maximum absolute atomic E-state index is 13.2. The topological polar surface area (TPSA) is 44.5 Å². The van der Waals surface area contributed by atoms with Crippen LogP contribution in [0, 0.1) is 11.7 Å². The number of hydrogen-bond acceptors (Lipinski definition) is 3. The fourth-order valence-corrected chi connectivity index (χ4v) is 1.32. The Kier molecular flexibility index (Phi) is 5.82. The molecule has 90 valence electrons. The molecule has 0 fully saturated rings. The van der Waals surface area contributed by atoms with Crippen LogP contribution in [0.2, 0.25) is 0 Å². The van der Waals surface area contributed by atoms with Gasteiger partial charge in [-0.1, -0.05) is 12.1 Å². The van der Waals surface area contributed by atoms with Gasteiger partial charge in [0.25, 0.3) is 0 Å². The number of ether oxygens (including phenoxy) is 2. The summed E-state index contributed by atoms with van der Waals surface area (Å²) in [6, 6.07) is 6.36. The molecular formula is C12H18FNO2. The molecule has 0 spiro atoms. The van der Waals surface area contributed by atoms with Gasteiger partial charge in [0.15, 0.2) is 11.6 Å². The lowest BCUT2D eigenvalue weighted by molar-refractivity contribution is 0.155. The Morgan fingerprint density at radius 3 is 2.75 bits per heavy atom. The van der Waals surface area contributed by atoms with E-state index in [1.807, 2.05) is 0 Å². The molecule has 16 heavy (non-hydrogen) atoms. The first-order chi connectivity index (χ1) is 7.77. The minimum atomic E-state index is -0.343. The Labute approximate surface area is 95.4 Å². The summed E-state index contributed by atoms with van der Waals surface area (Å²) in [5, 5.41) is 0. The van der Waals surface area contributed by atoms with E-state index in [0.717, 1.165) is 6.42 Å². The van der Waals surface area contributed by atoms with Crippen LogP contribution in [-0.4, -0.2) is 26.9 Å². The van der Waals surface area contributed by atoms with Crippen molar-refractivity contribution in [1.82, 2.24) is 0 Å². The monoisotopic (exact) mass is 227 g/mol. The van der Waals surface area contributed by atoms with Gasteiger partial charge < -0.3 is 15.2 Å². The Bertz CT molecular complexity index is 307. The van der Waals surface area contributed by atoms with Gasteiger partial charge in [-0.2, -0.15) is 0 Å². The molecule has 1 unspecified atom stereocenters. The van der Waals surface area contributed by atoms with Gasteiger partial charge >= 0.3 is 0 Å². The number of methoxy groups -OCH3 is 1. The zero-order valence-corrected chi connectivity index (χ0v) is 9.49. The van der Waals surface area contributed by atoms with Gasteiger partial charge in [0.1, 0.15) is 0 Å². The smallest absolute Gasteiger partial charge is 0.165 e. The highest BCUT2D eigenvalue weighted by Gasteiger charge is 2.09. The Morgan fingerprint density at radius 1 is 1.38 bits per heavy atom. The molecule has 0 amide bonds. The van der Waals surface area contributed by atoms with E-state index < -0.39 is 0 Å². The molecule has 0 saturated heterocycles. The van der Waals surface area contributed by atoms with Gasteiger partial charge in [0, 0.05) is 19.6 Å². The molecule has 3 nitrogen and oxygen atoms in total. The fraction of sp³-hybridized carbons (Fsp3) is 0.500. The Hall–Kier alpha value is -1.13. The molecule has 0 aliphatic rings. The third kappa shape index (κ3) is 4.16. The van der Waals surface area contributed by atoms with Gasteiger partial charge in [-0.15, -0.1) is 0 Å². The van der Waals surface area contributed by atoms with Crippen LogP contribution in [0.15, 0.2) is 24.3 Å². The summed E-state index contributed by atoms with van der Waals surface area (Å²) in [6.45, 7) is 1.57. The third-order valence-corrected chi connectivity index (χ3v) is 2.37. The summed E-state index contributed by atoms with van der Waals surface area (Å²) in [5.74, 6) is 0.128. The van der Waals surface area contributed by atoms with Gasteiger partial charge in [-0.05, 0) is 25.1 Å². The second kappa shape index (κ2) is 7.19. The van der Waals surface area contributed by atoms with E-state index in [1.165, 1.54) is 6.07 Å². The van der Waals surface area contributed by atoms with Crippen molar-refractivity contribution in [3.8, 4) is 5.75 Å². The fourth-order valence-electron chi connectivity index (χ4n) is 1.32. The van der Waals surface area contributed by atoms with Crippen molar-refractivity contribution < 1.29 is 13.9 Å². The van der Waals surface area contributed by atoms with Crippen molar-refractivity contribution in [1.29, 1.82) is 0 Å². The van der Waals surface area contributed by atoms with Crippen molar-refractivity contribution in [3.05, 3.63) is 30.1 Å². The van der Waals surface area contributed by atoms with Crippen molar-refractivity contribution >= 4 is 0 Å². The van der Waals surface area contributed by atoms with Gasteiger partial charge in [0.05, 0.1) is 6.61 Å². The van der Waals surface area contributed by atoms with E-state index in [1.54, 1.807) is 25.3 Å². The van der Waals surface area contributed by atoms with Crippen LogP contribution in [0.5, 0.6) is 5.75 Å². The summed E-state index contributed by atoms with van der Waals surface area (Å²) in [4.78, 5) is 0. The van der Waals surface area contributed by atoms with E-state index >= 15 is 0 Å². The number of hydrogen-bond donors (Lipinski definition) is 1. The quantitative estimate of drug-likeness (QED) is 0.772. The lowest BCUT2D eigenvalue weighted by Crippen LogP contribution is -2.23. The number of rotatable bonds is 7. The number of halogens is 1. The van der Waals surface area contributed by atoms with Crippen LogP contribution in [0.1, 0.15) is 6.42 Å². The number of nitrogens with two attached hydrogens (primary N) is 1. The van der Waals surface area contributed by atoms with Crippen molar-refractivity contribution in [2.75, 3.05) is 26.9 Å². The molecule has 0 radical (unpaired) electrons. The molecule has 0 bridgehead atoms. The van der Waals surface area contributed by atoms with Crippen LogP contribution in [-0.2, 0) is 4.74 Å². The summed E-state index contributed by atoms with van der Waals surface area (Å²) in [6.07, 6.45) is 0.821. The summed E-state index contributed by atoms with van der Waals surface area (Å²) >= 11 is 0. The second-order valence-corrected chi connectivity index (χ2v) is 3.62.